The van der Waals surface area contributed by atoms with Crippen LogP contribution in [0.1, 0.15) is 18.3 Å². The molecule has 0 radical (unpaired) electrons. The van der Waals surface area contributed by atoms with Crippen molar-refractivity contribution in [2.45, 2.75) is 26.3 Å². The summed E-state index contributed by atoms with van der Waals surface area (Å²) >= 11 is 0. The summed E-state index contributed by atoms with van der Waals surface area (Å²) in [5.74, 6) is 2.02. The minimum atomic E-state index is 0.0672. The summed E-state index contributed by atoms with van der Waals surface area (Å²) in [6.45, 7) is 3.92. The number of hydrogen-bond acceptors (Lipinski definition) is 5. The molecule has 1 unspecified atom stereocenters. The Kier molecular flexibility index (Phi) is 4.75. The van der Waals surface area contributed by atoms with Crippen LogP contribution in [-0.4, -0.2) is 30.2 Å². The maximum Gasteiger partial charge on any atom is 0.161 e. The first-order valence-electron chi connectivity index (χ1n) is 6.86. The fraction of sp³-hybridized carbons (Fsp3) is 0.375. The van der Waals surface area contributed by atoms with Crippen LogP contribution < -0.4 is 15.2 Å². The predicted molar refractivity (Wildman–Crippen MR) is 82.7 cm³/mol. The zero-order valence-corrected chi connectivity index (χ0v) is 12.9. The summed E-state index contributed by atoms with van der Waals surface area (Å²) in [6, 6.07) is 7.69. The van der Waals surface area contributed by atoms with Gasteiger partial charge in [0.2, 0.25) is 0 Å². The van der Waals surface area contributed by atoms with E-state index in [1.54, 1.807) is 14.2 Å². The van der Waals surface area contributed by atoms with Gasteiger partial charge in [-0.05, 0) is 38.1 Å². The molecule has 2 rings (SSSR count). The quantitative estimate of drug-likeness (QED) is 0.914. The zero-order chi connectivity index (χ0) is 15.4. The summed E-state index contributed by atoms with van der Waals surface area (Å²) in [5, 5.41) is 0. The smallest absolute Gasteiger partial charge is 0.161 e. The minimum Gasteiger partial charge on any atom is -0.493 e. The molecule has 0 aliphatic heterocycles. The van der Waals surface area contributed by atoms with E-state index in [0.29, 0.717) is 17.3 Å². The third-order valence-corrected chi connectivity index (χ3v) is 3.08. The van der Waals surface area contributed by atoms with Gasteiger partial charge in [0.15, 0.2) is 17.3 Å². The molecule has 1 heterocycles. The molecule has 5 heteroatoms. The number of nitrogens with two attached hydrogens (primary N) is 1. The lowest BCUT2D eigenvalue weighted by molar-refractivity contribution is 0.355. The molecule has 0 bridgehead atoms. The van der Waals surface area contributed by atoms with Crippen LogP contribution in [0.15, 0.2) is 24.3 Å². The van der Waals surface area contributed by atoms with E-state index in [0.717, 1.165) is 23.4 Å². The molecule has 0 spiro atoms. The second-order valence-electron chi connectivity index (χ2n) is 5.08. The normalized spacial score (nSPS) is 12.0. The van der Waals surface area contributed by atoms with Gasteiger partial charge in [-0.2, -0.15) is 0 Å². The molecular formula is C16H21N3O2. The van der Waals surface area contributed by atoms with E-state index in [2.05, 4.69) is 9.97 Å². The Labute approximate surface area is 125 Å². The molecule has 1 aromatic carbocycles. The Morgan fingerprint density at radius 1 is 1.10 bits per heavy atom. The lowest BCUT2D eigenvalue weighted by Crippen LogP contribution is -2.19. The Morgan fingerprint density at radius 3 is 2.43 bits per heavy atom. The van der Waals surface area contributed by atoms with Crippen LogP contribution in [-0.2, 0) is 6.42 Å². The van der Waals surface area contributed by atoms with E-state index in [9.17, 15) is 0 Å². The summed E-state index contributed by atoms with van der Waals surface area (Å²) in [7, 11) is 3.22. The Hall–Kier alpha value is -2.14. The average Bonchev–Trinajstić information content (AvgIpc) is 2.45. The van der Waals surface area contributed by atoms with Crippen molar-refractivity contribution in [2.75, 3.05) is 14.2 Å². The monoisotopic (exact) mass is 287 g/mol. The lowest BCUT2D eigenvalue weighted by Gasteiger charge is -2.11. The molecule has 112 valence electrons. The third kappa shape index (κ3) is 3.70. The second kappa shape index (κ2) is 6.54. The first-order chi connectivity index (χ1) is 10.0. The number of hydrogen-bond donors (Lipinski definition) is 1. The average molecular weight is 287 g/mol. The van der Waals surface area contributed by atoms with Gasteiger partial charge in [0.05, 0.1) is 14.2 Å². The minimum absolute atomic E-state index is 0.0672. The topological polar surface area (TPSA) is 70.3 Å². The van der Waals surface area contributed by atoms with E-state index in [-0.39, 0.29) is 6.04 Å². The maximum absolute atomic E-state index is 5.85. The number of aromatic nitrogens is 2. The van der Waals surface area contributed by atoms with Crippen LogP contribution >= 0.6 is 0 Å². The van der Waals surface area contributed by atoms with Gasteiger partial charge in [0, 0.05) is 29.4 Å². The molecule has 5 nitrogen and oxygen atoms in total. The molecule has 0 saturated carbocycles. The number of ether oxygens (including phenoxy) is 2. The highest BCUT2D eigenvalue weighted by Gasteiger charge is 2.10. The molecule has 0 fully saturated rings. The van der Waals surface area contributed by atoms with Crippen LogP contribution in [0.3, 0.4) is 0 Å². The highest BCUT2D eigenvalue weighted by atomic mass is 16.5. The highest BCUT2D eigenvalue weighted by molar-refractivity contribution is 5.61. The summed E-state index contributed by atoms with van der Waals surface area (Å²) in [5.41, 5.74) is 8.61. The van der Waals surface area contributed by atoms with Crippen molar-refractivity contribution in [3.05, 3.63) is 35.7 Å². The number of benzene rings is 1. The number of aryl methyl sites for hydroxylation is 1. The van der Waals surface area contributed by atoms with Crippen molar-refractivity contribution in [2.24, 2.45) is 5.73 Å². The molecule has 1 atom stereocenters. The van der Waals surface area contributed by atoms with Gasteiger partial charge in [-0.1, -0.05) is 0 Å². The molecule has 1 aromatic heterocycles. The van der Waals surface area contributed by atoms with Gasteiger partial charge in [-0.25, -0.2) is 9.97 Å². The van der Waals surface area contributed by atoms with Gasteiger partial charge in [0.1, 0.15) is 0 Å². The van der Waals surface area contributed by atoms with Crippen molar-refractivity contribution in [1.29, 1.82) is 0 Å². The van der Waals surface area contributed by atoms with E-state index >= 15 is 0 Å². The van der Waals surface area contributed by atoms with E-state index in [1.807, 2.05) is 38.1 Å². The van der Waals surface area contributed by atoms with E-state index in [1.165, 1.54) is 0 Å². The molecule has 2 N–H and O–H groups in total. The van der Waals surface area contributed by atoms with E-state index < -0.39 is 0 Å². The molecule has 0 amide bonds. The summed E-state index contributed by atoms with van der Waals surface area (Å²) < 4.78 is 10.6. The van der Waals surface area contributed by atoms with E-state index in [4.69, 9.17) is 15.2 Å². The Balaban J connectivity index is 2.43. The van der Waals surface area contributed by atoms with Crippen LogP contribution in [0.5, 0.6) is 11.5 Å². The summed E-state index contributed by atoms with van der Waals surface area (Å²) in [6.07, 6.45) is 0.726. The van der Waals surface area contributed by atoms with Gasteiger partial charge in [-0.3, -0.25) is 0 Å². The van der Waals surface area contributed by atoms with Crippen LogP contribution in [0.4, 0.5) is 0 Å². The first-order valence-corrected chi connectivity index (χ1v) is 6.86. The number of rotatable bonds is 5. The second-order valence-corrected chi connectivity index (χ2v) is 5.08. The SMILES string of the molecule is COc1ccc(-c2nc(C)cc(CC(C)N)n2)cc1OC. The van der Waals surface area contributed by atoms with Crippen molar-refractivity contribution >= 4 is 0 Å². The zero-order valence-electron chi connectivity index (χ0n) is 12.9. The van der Waals surface area contributed by atoms with Gasteiger partial charge in [-0.15, -0.1) is 0 Å². The standard InChI is InChI=1S/C16H21N3O2/c1-10(17)7-13-8-11(2)18-16(19-13)12-5-6-14(20-3)15(9-12)21-4/h5-6,8-10H,7,17H2,1-4H3. The maximum atomic E-state index is 5.85. The lowest BCUT2D eigenvalue weighted by atomic mass is 10.1. The predicted octanol–water partition coefficient (Wildman–Crippen LogP) is 2.36. The molecule has 0 aliphatic carbocycles. The third-order valence-electron chi connectivity index (χ3n) is 3.08. The van der Waals surface area contributed by atoms with Crippen molar-refractivity contribution < 1.29 is 9.47 Å². The highest BCUT2D eigenvalue weighted by Crippen LogP contribution is 2.31. The molecule has 0 aliphatic rings. The van der Waals surface area contributed by atoms with Crippen molar-refractivity contribution in [3.63, 3.8) is 0 Å². The number of methoxy groups -OCH3 is 2. The largest absolute Gasteiger partial charge is 0.493 e. The van der Waals surface area contributed by atoms with Gasteiger partial charge >= 0.3 is 0 Å². The summed E-state index contributed by atoms with van der Waals surface area (Å²) in [4.78, 5) is 9.08. The number of nitrogens with zero attached hydrogens (tertiary/aromatic N) is 2. The van der Waals surface area contributed by atoms with Gasteiger partial charge in [0.25, 0.3) is 0 Å². The Morgan fingerprint density at radius 2 is 1.81 bits per heavy atom. The fourth-order valence-electron chi connectivity index (χ4n) is 2.17. The van der Waals surface area contributed by atoms with Crippen LogP contribution in [0, 0.1) is 6.92 Å². The van der Waals surface area contributed by atoms with Crippen LogP contribution in [0.25, 0.3) is 11.4 Å². The molecule has 21 heavy (non-hydrogen) atoms. The fourth-order valence-corrected chi connectivity index (χ4v) is 2.17. The Bertz CT molecular complexity index is 627. The van der Waals surface area contributed by atoms with Crippen molar-refractivity contribution in [1.82, 2.24) is 9.97 Å². The van der Waals surface area contributed by atoms with Crippen LogP contribution in [0.2, 0.25) is 0 Å². The van der Waals surface area contributed by atoms with Crippen molar-refractivity contribution in [3.8, 4) is 22.9 Å². The molecule has 2 aromatic rings. The molecule has 0 saturated heterocycles. The molecular weight excluding hydrogens is 266 g/mol. The van der Waals surface area contributed by atoms with Gasteiger partial charge < -0.3 is 15.2 Å². The first kappa shape index (κ1) is 15.3.